The first-order valence-corrected chi connectivity index (χ1v) is 5.13. The second-order valence-electron chi connectivity index (χ2n) is 5.06. The second-order valence-corrected chi connectivity index (χ2v) is 5.06. The van der Waals surface area contributed by atoms with E-state index in [-0.39, 0.29) is 23.3 Å². The van der Waals surface area contributed by atoms with Crippen molar-refractivity contribution >= 4 is 11.8 Å². The van der Waals surface area contributed by atoms with E-state index in [0.29, 0.717) is 13.0 Å². The van der Waals surface area contributed by atoms with Gasteiger partial charge in [-0.05, 0) is 5.41 Å². The molecule has 1 fully saturated rings. The van der Waals surface area contributed by atoms with Crippen molar-refractivity contribution in [2.75, 3.05) is 6.54 Å². The van der Waals surface area contributed by atoms with Crippen LogP contribution in [0.15, 0.2) is 0 Å². The summed E-state index contributed by atoms with van der Waals surface area (Å²) in [4.78, 5) is 22.6. The molecule has 0 aromatic heterocycles. The molecule has 0 aromatic rings. The van der Waals surface area contributed by atoms with E-state index in [4.69, 9.17) is 5.73 Å². The van der Waals surface area contributed by atoms with Crippen LogP contribution in [0.3, 0.4) is 0 Å². The van der Waals surface area contributed by atoms with Crippen molar-refractivity contribution < 1.29 is 9.59 Å². The Balaban J connectivity index is 2.45. The third-order valence-electron chi connectivity index (χ3n) is 2.54. The lowest BCUT2D eigenvalue weighted by molar-refractivity contribution is -0.125. The van der Waals surface area contributed by atoms with Crippen LogP contribution in [0.5, 0.6) is 0 Å². The molecule has 0 aromatic carbocycles. The monoisotopic (exact) mass is 213 g/mol. The molecule has 5 heteroatoms. The number of hydrogen-bond acceptors (Lipinski definition) is 3. The van der Waals surface area contributed by atoms with Crippen molar-refractivity contribution in [3.05, 3.63) is 0 Å². The molecule has 2 amide bonds. The maximum atomic E-state index is 11.7. The van der Waals surface area contributed by atoms with Gasteiger partial charge in [-0.3, -0.25) is 9.59 Å². The van der Waals surface area contributed by atoms with Crippen LogP contribution in [-0.2, 0) is 9.59 Å². The van der Waals surface area contributed by atoms with E-state index in [1.807, 2.05) is 20.8 Å². The van der Waals surface area contributed by atoms with Gasteiger partial charge in [0.25, 0.3) is 0 Å². The van der Waals surface area contributed by atoms with Crippen molar-refractivity contribution in [1.29, 1.82) is 0 Å². The van der Waals surface area contributed by atoms with E-state index in [9.17, 15) is 9.59 Å². The highest BCUT2D eigenvalue weighted by molar-refractivity contribution is 5.85. The highest BCUT2D eigenvalue weighted by atomic mass is 16.2. The van der Waals surface area contributed by atoms with Crippen molar-refractivity contribution in [3.63, 3.8) is 0 Å². The molecule has 1 aliphatic heterocycles. The van der Waals surface area contributed by atoms with Gasteiger partial charge in [-0.2, -0.15) is 0 Å². The number of carbonyl (C=O) groups is 2. The van der Waals surface area contributed by atoms with Crippen LogP contribution >= 0.6 is 0 Å². The summed E-state index contributed by atoms with van der Waals surface area (Å²) in [7, 11) is 0. The van der Waals surface area contributed by atoms with Crippen molar-refractivity contribution in [1.82, 2.24) is 10.6 Å². The topological polar surface area (TPSA) is 84.2 Å². The predicted molar refractivity (Wildman–Crippen MR) is 57.0 cm³/mol. The smallest absolute Gasteiger partial charge is 0.237 e. The molecule has 86 valence electrons. The maximum Gasteiger partial charge on any atom is 0.237 e. The van der Waals surface area contributed by atoms with Gasteiger partial charge < -0.3 is 16.4 Å². The molecule has 15 heavy (non-hydrogen) atoms. The van der Waals surface area contributed by atoms with Gasteiger partial charge in [-0.15, -0.1) is 0 Å². The lowest BCUT2D eigenvalue weighted by Gasteiger charge is -2.26. The lowest BCUT2D eigenvalue weighted by Crippen LogP contribution is -2.51. The lowest BCUT2D eigenvalue weighted by atomic mass is 9.87. The summed E-state index contributed by atoms with van der Waals surface area (Å²) in [6, 6.07) is -0.661. The molecule has 0 radical (unpaired) electrons. The van der Waals surface area contributed by atoms with Crippen LogP contribution in [-0.4, -0.2) is 30.4 Å². The van der Waals surface area contributed by atoms with E-state index in [0.717, 1.165) is 0 Å². The normalized spacial score (nSPS) is 23.5. The Bertz CT molecular complexity index is 270. The zero-order chi connectivity index (χ0) is 11.6. The molecular weight excluding hydrogens is 194 g/mol. The Kier molecular flexibility index (Phi) is 3.34. The summed E-state index contributed by atoms with van der Waals surface area (Å²) < 4.78 is 0. The van der Waals surface area contributed by atoms with Gasteiger partial charge in [-0.1, -0.05) is 20.8 Å². The maximum absolute atomic E-state index is 11.7. The summed E-state index contributed by atoms with van der Waals surface area (Å²) in [5.41, 5.74) is 5.53. The number of amides is 2. The van der Waals surface area contributed by atoms with Crippen LogP contribution < -0.4 is 16.4 Å². The molecule has 5 nitrogen and oxygen atoms in total. The van der Waals surface area contributed by atoms with Gasteiger partial charge in [0, 0.05) is 13.0 Å². The summed E-state index contributed by atoms with van der Waals surface area (Å²) in [6.07, 6.45) is 0.350. The summed E-state index contributed by atoms with van der Waals surface area (Å²) >= 11 is 0. The van der Waals surface area contributed by atoms with Crippen LogP contribution in [0.4, 0.5) is 0 Å². The average Bonchev–Trinajstić information content (AvgIpc) is 2.48. The standard InChI is InChI=1S/C10H19N3O2/c1-10(2,3)8(11)9(15)13-6-4-7(14)12-5-6/h6,8H,4-5,11H2,1-3H3,(H,12,14)(H,13,15). The third-order valence-corrected chi connectivity index (χ3v) is 2.54. The minimum Gasteiger partial charge on any atom is -0.354 e. The first-order valence-electron chi connectivity index (χ1n) is 5.13. The Morgan fingerprint density at radius 1 is 1.60 bits per heavy atom. The van der Waals surface area contributed by atoms with E-state index < -0.39 is 6.04 Å². The molecule has 2 atom stereocenters. The zero-order valence-electron chi connectivity index (χ0n) is 9.46. The number of rotatable bonds is 2. The van der Waals surface area contributed by atoms with Crippen molar-refractivity contribution in [3.8, 4) is 0 Å². The fourth-order valence-electron chi connectivity index (χ4n) is 1.39. The average molecular weight is 213 g/mol. The van der Waals surface area contributed by atoms with Crippen LogP contribution in [0, 0.1) is 5.41 Å². The van der Waals surface area contributed by atoms with Gasteiger partial charge >= 0.3 is 0 Å². The van der Waals surface area contributed by atoms with Crippen LogP contribution in [0.1, 0.15) is 27.2 Å². The minimum atomic E-state index is -0.548. The van der Waals surface area contributed by atoms with Gasteiger partial charge in [0.1, 0.15) is 0 Å². The molecule has 1 rings (SSSR count). The minimum absolute atomic E-state index is 0.0235. The fraction of sp³-hybridized carbons (Fsp3) is 0.800. The second kappa shape index (κ2) is 4.18. The van der Waals surface area contributed by atoms with Gasteiger partial charge in [0.05, 0.1) is 12.1 Å². The summed E-state index contributed by atoms with van der Waals surface area (Å²) in [5.74, 6) is -0.214. The Labute approximate surface area is 89.8 Å². The molecule has 4 N–H and O–H groups in total. The van der Waals surface area contributed by atoms with Crippen molar-refractivity contribution in [2.24, 2.45) is 11.1 Å². The summed E-state index contributed by atoms with van der Waals surface area (Å²) in [5, 5.41) is 5.43. The molecule has 2 unspecified atom stereocenters. The molecule has 1 aliphatic rings. The van der Waals surface area contributed by atoms with Gasteiger partial charge in [0.15, 0.2) is 0 Å². The van der Waals surface area contributed by atoms with Gasteiger partial charge in [0.2, 0.25) is 11.8 Å². The van der Waals surface area contributed by atoms with E-state index in [1.165, 1.54) is 0 Å². The predicted octanol–water partition coefficient (Wildman–Crippen LogP) is -0.635. The molecule has 0 spiro atoms. The van der Waals surface area contributed by atoms with Crippen LogP contribution in [0.2, 0.25) is 0 Å². The molecule has 1 heterocycles. The Morgan fingerprint density at radius 3 is 2.60 bits per heavy atom. The first kappa shape index (κ1) is 12.0. The highest BCUT2D eigenvalue weighted by Crippen LogP contribution is 2.17. The molecule has 0 bridgehead atoms. The van der Waals surface area contributed by atoms with E-state index >= 15 is 0 Å². The zero-order valence-corrected chi connectivity index (χ0v) is 9.46. The molecule has 0 aliphatic carbocycles. The largest absolute Gasteiger partial charge is 0.354 e. The first-order chi connectivity index (χ1) is 6.80. The third kappa shape index (κ3) is 3.20. The van der Waals surface area contributed by atoms with Crippen molar-refractivity contribution in [2.45, 2.75) is 39.3 Å². The number of hydrogen-bond donors (Lipinski definition) is 3. The van der Waals surface area contributed by atoms with E-state index in [2.05, 4.69) is 10.6 Å². The number of nitrogens with two attached hydrogens (primary N) is 1. The molecular formula is C10H19N3O2. The van der Waals surface area contributed by atoms with Crippen LogP contribution in [0.25, 0.3) is 0 Å². The Hall–Kier alpha value is -1.10. The highest BCUT2D eigenvalue weighted by Gasteiger charge is 2.30. The number of nitrogens with one attached hydrogen (secondary N) is 2. The fourth-order valence-corrected chi connectivity index (χ4v) is 1.39. The molecule has 1 saturated heterocycles. The Morgan fingerprint density at radius 2 is 2.20 bits per heavy atom. The van der Waals surface area contributed by atoms with E-state index in [1.54, 1.807) is 0 Å². The quantitative estimate of drug-likeness (QED) is 0.570. The number of carbonyl (C=O) groups excluding carboxylic acids is 2. The summed E-state index contributed by atoms with van der Waals surface area (Å²) in [6.45, 7) is 6.24. The molecule has 0 saturated carbocycles. The SMILES string of the molecule is CC(C)(C)C(N)C(=O)NC1CNC(=O)C1. The van der Waals surface area contributed by atoms with Gasteiger partial charge in [-0.25, -0.2) is 0 Å².